The predicted molar refractivity (Wildman–Crippen MR) is 66.8 cm³/mol. The van der Waals surface area contributed by atoms with E-state index >= 15 is 0 Å². The van der Waals surface area contributed by atoms with Crippen LogP contribution < -0.4 is 4.90 Å². The van der Waals surface area contributed by atoms with Gasteiger partial charge >= 0.3 is 0 Å². The van der Waals surface area contributed by atoms with Crippen LogP contribution >= 0.6 is 11.6 Å². The van der Waals surface area contributed by atoms with Gasteiger partial charge in [0.15, 0.2) is 0 Å². The first kappa shape index (κ1) is 12.3. The van der Waals surface area contributed by atoms with Gasteiger partial charge in [-0.15, -0.1) is 11.6 Å². The second-order valence-electron chi connectivity index (χ2n) is 4.06. The van der Waals surface area contributed by atoms with Crippen molar-refractivity contribution >= 4 is 17.4 Å². The monoisotopic (exact) mass is 226 g/mol. The number of aromatic nitrogens is 1. The fourth-order valence-corrected chi connectivity index (χ4v) is 1.48. The molecule has 0 fully saturated rings. The zero-order valence-corrected chi connectivity index (χ0v) is 10.7. The Hall–Kier alpha value is -0.760. The Balaban J connectivity index is 3.11. The number of alkyl halides is 1. The molecular formula is C12H19ClN2. The Morgan fingerprint density at radius 2 is 2.07 bits per heavy atom. The Kier molecular flexibility index (Phi) is 4.40. The molecule has 1 rings (SSSR count). The van der Waals surface area contributed by atoms with Crippen molar-refractivity contribution in [3.63, 3.8) is 0 Å². The molecular weight excluding hydrogens is 208 g/mol. The first-order valence-corrected chi connectivity index (χ1v) is 5.89. The van der Waals surface area contributed by atoms with Crippen LogP contribution in [-0.2, 0) is 5.88 Å². The lowest BCUT2D eigenvalue weighted by molar-refractivity contribution is 0.808. The van der Waals surface area contributed by atoms with Crippen LogP contribution in [0.2, 0.25) is 0 Å². The molecule has 0 saturated heterocycles. The van der Waals surface area contributed by atoms with E-state index in [1.54, 1.807) is 0 Å². The highest BCUT2D eigenvalue weighted by Gasteiger charge is 2.07. The highest BCUT2D eigenvalue weighted by atomic mass is 35.5. The molecule has 0 aromatic carbocycles. The largest absolute Gasteiger partial charge is 0.360 e. The summed E-state index contributed by atoms with van der Waals surface area (Å²) < 4.78 is 0. The third-order valence-corrected chi connectivity index (χ3v) is 2.81. The van der Waals surface area contributed by atoms with E-state index in [-0.39, 0.29) is 0 Å². The minimum atomic E-state index is 0.442. The zero-order valence-electron chi connectivity index (χ0n) is 9.92. The van der Waals surface area contributed by atoms with Crippen LogP contribution in [0.5, 0.6) is 0 Å². The molecule has 84 valence electrons. The van der Waals surface area contributed by atoms with E-state index in [0.717, 1.165) is 23.6 Å². The molecule has 0 aliphatic carbocycles. The van der Waals surface area contributed by atoms with Crippen molar-refractivity contribution in [3.05, 3.63) is 23.4 Å². The Labute approximate surface area is 97.3 Å². The summed E-state index contributed by atoms with van der Waals surface area (Å²) in [5.41, 5.74) is 2.26. The topological polar surface area (TPSA) is 16.1 Å². The van der Waals surface area contributed by atoms with E-state index in [1.807, 2.05) is 7.05 Å². The smallest absolute Gasteiger partial charge is 0.128 e. The summed E-state index contributed by atoms with van der Waals surface area (Å²) in [7, 11) is 2.05. The van der Waals surface area contributed by atoms with Crippen LogP contribution in [0.3, 0.4) is 0 Å². The lowest BCUT2D eigenvalue weighted by Gasteiger charge is -2.18. The molecule has 0 unspecified atom stereocenters. The maximum absolute atomic E-state index is 5.88. The average Bonchev–Trinajstić information content (AvgIpc) is 2.27. The Morgan fingerprint density at radius 1 is 1.40 bits per heavy atom. The fourth-order valence-electron chi connectivity index (χ4n) is 1.32. The predicted octanol–water partition coefficient (Wildman–Crippen LogP) is 3.40. The van der Waals surface area contributed by atoms with E-state index in [4.69, 9.17) is 11.6 Å². The van der Waals surface area contributed by atoms with E-state index in [0.29, 0.717) is 11.8 Å². The summed E-state index contributed by atoms with van der Waals surface area (Å²) in [6.45, 7) is 7.37. The number of pyridine rings is 1. The van der Waals surface area contributed by atoms with Crippen LogP contribution in [0.4, 0.5) is 5.82 Å². The SMILES string of the molecule is CCN(C)c1cc(CCl)cc(C(C)C)n1. The lowest BCUT2D eigenvalue weighted by Crippen LogP contribution is -2.18. The zero-order chi connectivity index (χ0) is 11.4. The first-order chi connectivity index (χ1) is 7.08. The highest BCUT2D eigenvalue weighted by molar-refractivity contribution is 6.17. The number of anilines is 1. The van der Waals surface area contributed by atoms with Crippen molar-refractivity contribution < 1.29 is 0 Å². The molecule has 0 aliphatic rings. The van der Waals surface area contributed by atoms with Gasteiger partial charge in [0.05, 0.1) is 0 Å². The molecule has 0 saturated carbocycles. The third kappa shape index (κ3) is 3.10. The lowest BCUT2D eigenvalue weighted by atomic mass is 10.1. The van der Waals surface area contributed by atoms with Gasteiger partial charge in [-0.2, -0.15) is 0 Å². The van der Waals surface area contributed by atoms with Gasteiger partial charge < -0.3 is 4.90 Å². The van der Waals surface area contributed by atoms with Gasteiger partial charge in [-0.3, -0.25) is 0 Å². The minimum Gasteiger partial charge on any atom is -0.360 e. The van der Waals surface area contributed by atoms with Crippen molar-refractivity contribution in [2.45, 2.75) is 32.6 Å². The molecule has 15 heavy (non-hydrogen) atoms. The summed E-state index contributed by atoms with van der Waals surface area (Å²) in [6, 6.07) is 4.15. The molecule has 3 heteroatoms. The summed E-state index contributed by atoms with van der Waals surface area (Å²) in [4.78, 5) is 6.75. The van der Waals surface area contributed by atoms with Crippen LogP contribution in [-0.4, -0.2) is 18.6 Å². The molecule has 1 aromatic heterocycles. The van der Waals surface area contributed by atoms with Crippen LogP contribution in [0.15, 0.2) is 12.1 Å². The van der Waals surface area contributed by atoms with E-state index < -0.39 is 0 Å². The fraction of sp³-hybridized carbons (Fsp3) is 0.583. The van der Waals surface area contributed by atoms with Gasteiger partial charge in [0.1, 0.15) is 5.82 Å². The van der Waals surface area contributed by atoms with E-state index in [2.05, 4.69) is 42.8 Å². The molecule has 0 radical (unpaired) electrons. The second-order valence-corrected chi connectivity index (χ2v) is 4.33. The van der Waals surface area contributed by atoms with Crippen LogP contribution in [0.25, 0.3) is 0 Å². The molecule has 0 amide bonds. The summed E-state index contributed by atoms with van der Waals surface area (Å²) in [5, 5.41) is 0. The summed E-state index contributed by atoms with van der Waals surface area (Å²) in [6.07, 6.45) is 0. The number of rotatable bonds is 4. The van der Waals surface area contributed by atoms with Crippen molar-refractivity contribution in [2.24, 2.45) is 0 Å². The summed E-state index contributed by atoms with van der Waals surface area (Å²) in [5.74, 6) is 2.00. The average molecular weight is 227 g/mol. The molecule has 0 N–H and O–H groups in total. The van der Waals surface area contributed by atoms with Gasteiger partial charge in [-0.25, -0.2) is 4.98 Å². The third-order valence-electron chi connectivity index (χ3n) is 2.50. The van der Waals surface area contributed by atoms with Gasteiger partial charge in [0.2, 0.25) is 0 Å². The molecule has 0 aliphatic heterocycles. The molecule has 0 bridgehead atoms. The van der Waals surface area contributed by atoms with Gasteiger partial charge in [0, 0.05) is 25.2 Å². The Bertz CT molecular complexity index is 323. The highest BCUT2D eigenvalue weighted by Crippen LogP contribution is 2.20. The van der Waals surface area contributed by atoms with Gasteiger partial charge in [0.25, 0.3) is 0 Å². The number of hydrogen-bond donors (Lipinski definition) is 0. The normalized spacial score (nSPS) is 10.8. The minimum absolute atomic E-state index is 0.442. The van der Waals surface area contributed by atoms with Crippen molar-refractivity contribution in [1.82, 2.24) is 4.98 Å². The number of halogens is 1. The van der Waals surface area contributed by atoms with Crippen molar-refractivity contribution in [3.8, 4) is 0 Å². The maximum Gasteiger partial charge on any atom is 0.128 e. The first-order valence-electron chi connectivity index (χ1n) is 5.36. The van der Waals surface area contributed by atoms with Crippen molar-refractivity contribution in [1.29, 1.82) is 0 Å². The van der Waals surface area contributed by atoms with Gasteiger partial charge in [-0.05, 0) is 30.5 Å². The molecule has 1 heterocycles. The quantitative estimate of drug-likeness (QED) is 0.732. The maximum atomic E-state index is 5.88. The standard InChI is InChI=1S/C12H19ClN2/c1-5-15(4)12-7-10(8-13)6-11(14-12)9(2)3/h6-7,9H,5,8H2,1-4H3. The van der Waals surface area contributed by atoms with E-state index in [9.17, 15) is 0 Å². The number of hydrogen-bond acceptors (Lipinski definition) is 2. The van der Waals surface area contributed by atoms with E-state index in [1.165, 1.54) is 0 Å². The van der Waals surface area contributed by atoms with Crippen molar-refractivity contribution in [2.75, 3.05) is 18.5 Å². The molecule has 0 atom stereocenters. The van der Waals surface area contributed by atoms with Crippen LogP contribution in [0.1, 0.15) is 37.9 Å². The summed E-state index contributed by atoms with van der Waals surface area (Å²) >= 11 is 5.88. The molecule has 2 nitrogen and oxygen atoms in total. The Morgan fingerprint density at radius 3 is 2.53 bits per heavy atom. The van der Waals surface area contributed by atoms with Crippen LogP contribution in [0, 0.1) is 0 Å². The van der Waals surface area contributed by atoms with Gasteiger partial charge in [-0.1, -0.05) is 13.8 Å². The second kappa shape index (κ2) is 5.36. The number of nitrogens with zero attached hydrogens (tertiary/aromatic N) is 2. The molecule has 0 spiro atoms. The molecule has 1 aromatic rings.